The number of anilines is 1. The van der Waals surface area contributed by atoms with Crippen LogP contribution in [0.4, 0.5) is 5.69 Å². The highest BCUT2D eigenvalue weighted by Gasteiger charge is 2.33. The molecule has 114 valence electrons. The molecule has 0 unspecified atom stereocenters. The number of aliphatic carboxylic acids is 1. The van der Waals surface area contributed by atoms with Crippen LogP contribution in [0.2, 0.25) is 0 Å². The minimum Gasteiger partial charge on any atom is -0.497 e. The zero-order valence-electron chi connectivity index (χ0n) is 11.9. The van der Waals surface area contributed by atoms with E-state index in [9.17, 15) is 9.59 Å². The van der Waals surface area contributed by atoms with Crippen molar-refractivity contribution in [3.63, 3.8) is 0 Å². The number of rotatable bonds is 6. The lowest BCUT2D eigenvalue weighted by molar-refractivity contribution is -0.142. The second-order valence-corrected chi connectivity index (χ2v) is 4.97. The van der Waals surface area contributed by atoms with Gasteiger partial charge in [-0.1, -0.05) is 0 Å². The van der Waals surface area contributed by atoms with Crippen molar-refractivity contribution in [3.05, 3.63) is 24.3 Å². The predicted octanol–water partition coefficient (Wildman–Crippen LogP) is 1.90. The fourth-order valence-corrected chi connectivity index (χ4v) is 2.41. The number of carboxylic acids is 1. The lowest BCUT2D eigenvalue weighted by atomic mass is 9.95. The van der Waals surface area contributed by atoms with Crippen molar-refractivity contribution in [2.75, 3.05) is 19.0 Å². The maximum atomic E-state index is 12.3. The first kappa shape index (κ1) is 15.3. The van der Waals surface area contributed by atoms with Crippen LogP contribution >= 0.6 is 0 Å². The lowest BCUT2D eigenvalue weighted by Gasteiger charge is -2.20. The van der Waals surface area contributed by atoms with Gasteiger partial charge in [-0.25, -0.2) is 0 Å². The summed E-state index contributed by atoms with van der Waals surface area (Å²) in [5.41, 5.74) is 0.606. The molecule has 2 N–H and O–H groups in total. The van der Waals surface area contributed by atoms with Gasteiger partial charge in [-0.3, -0.25) is 9.59 Å². The molecule has 1 heterocycles. The van der Waals surface area contributed by atoms with Crippen LogP contribution in [0.1, 0.15) is 19.3 Å². The van der Waals surface area contributed by atoms with Crippen LogP contribution in [-0.2, 0) is 14.3 Å². The Bertz CT molecular complexity index is 493. The molecule has 2 atom stereocenters. The Morgan fingerprint density at radius 1 is 1.43 bits per heavy atom. The zero-order chi connectivity index (χ0) is 15.2. The number of carboxylic acid groups (broad SMARTS) is 1. The number of carbonyl (C=O) groups excluding carboxylic acids is 1. The van der Waals surface area contributed by atoms with Gasteiger partial charge in [-0.2, -0.15) is 0 Å². The second-order valence-electron chi connectivity index (χ2n) is 4.97. The quantitative estimate of drug-likeness (QED) is 0.837. The van der Waals surface area contributed by atoms with Crippen LogP contribution in [0, 0.1) is 5.92 Å². The Balaban J connectivity index is 2.04. The van der Waals surface area contributed by atoms with E-state index < -0.39 is 11.9 Å². The first-order chi connectivity index (χ1) is 10.1. The molecule has 1 aromatic rings. The first-order valence-corrected chi connectivity index (χ1v) is 6.88. The number of hydrogen-bond donors (Lipinski definition) is 2. The van der Waals surface area contributed by atoms with Crippen LogP contribution in [0.15, 0.2) is 24.3 Å². The fraction of sp³-hybridized carbons (Fsp3) is 0.467. The van der Waals surface area contributed by atoms with E-state index in [4.69, 9.17) is 14.6 Å². The average Bonchev–Trinajstić information content (AvgIpc) is 2.99. The van der Waals surface area contributed by atoms with E-state index in [1.165, 1.54) is 0 Å². The van der Waals surface area contributed by atoms with Crippen molar-refractivity contribution in [1.29, 1.82) is 0 Å². The highest BCUT2D eigenvalue weighted by molar-refractivity contribution is 5.94. The zero-order valence-corrected chi connectivity index (χ0v) is 11.9. The normalized spacial score (nSPS) is 19.0. The molecule has 0 aliphatic carbocycles. The molecular weight excluding hydrogens is 274 g/mol. The van der Waals surface area contributed by atoms with Gasteiger partial charge in [-0.05, 0) is 37.1 Å². The largest absolute Gasteiger partial charge is 0.497 e. The molecule has 6 heteroatoms. The Morgan fingerprint density at radius 3 is 2.67 bits per heavy atom. The monoisotopic (exact) mass is 293 g/mol. The van der Waals surface area contributed by atoms with Gasteiger partial charge in [0, 0.05) is 12.3 Å². The molecule has 1 amide bonds. The SMILES string of the molecule is COc1ccc(NC(=O)[C@H](CC(=O)O)[C@@H]2CCCO2)cc1. The maximum absolute atomic E-state index is 12.3. The third kappa shape index (κ3) is 4.19. The summed E-state index contributed by atoms with van der Waals surface area (Å²) < 4.78 is 10.5. The lowest BCUT2D eigenvalue weighted by Crippen LogP contribution is -2.34. The van der Waals surface area contributed by atoms with Crippen LogP contribution in [0.5, 0.6) is 5.75 Å². The van der Waals surface area contributed by atoms with E-state index in [2.05, 4.69) is 5.32 Å². The van der Waals surface area contributed by atoms with Gasteiger partial charge in [0.1, 0.15) is 5.75 Å². The first-order valence-electron chi connectivity index (χ1n) is 6.88. The highest BCUT2D eigenvalue weighted by Crippen LogP contribution is 2.25. The van der Waals surface area contributed by atoms with Crippen molar-refractivity contribution in [1.82, 2.24) is 0 Å². The van der Waals surface area contributed by atoms with E-state index in [0.29, 0.717) is 24.5 Å². The number of nitrogens with one attached hydrogen (secondary N) is 1. The van der Waals surface area contributed by atoms with Gasteiger partial charge in [-0.15, -0.1) is 0 Å². The molecule has 21 heavy (non-hydrogen) atoms. The minimum atomic E-state index is -1.000. The van der Waals surface area contributed by atoms with Gasteiger partial charge in [0.25, 0.3) is 0 Å². The van der Waals surface area contributed by atoms with E-state index in [1.54, 1.807) is 31.4 Å². The third-order valence-electron chi connectivity index (χ3n) is 3.50. The predicted molar refractivity (Wildman–Crippen MR) is 76.3 cm³/mol. The summed E-state index contributed by atoms with van der Waals surface area (Å²) in [6.07, 6.45) is 1.02. The molecule has 0 bridgehead atoms. The molecule has 6 nitrogen and oxygen atoms in total. The molecule has 1 fully saturated rings. The van der Waals surface area contributed by atoms with Gasteiger partial charge < -0.3 is 19.9 Å². The van der Waals surface area contributed by atoms with Crippen molar-refractivity contribution in [3.8, 4) is 5.75 Å². The fourth-order valence-electron chi connectivity index (χ4n) is 2.41. The molecule has 0 radical (unpaired) electrons. The van der Waals surface area contributed by atoms with E-state index in [-0.39, 0.29) is 18.4 Å². The summed E-state index contributed by atoms with van der Waals surface area (Å²) in [4.78, 5) is 23.3. The van der Waals surface area contributed by atoms with Gasteiger partial charge in [0.2, 0.25) is 5.91 Å². The van der Waals surface area contributed by atoms with Gasteiger partial charge >= 0.3 is 5.97 Å². The molecular formula is C15H19NO5. The molecule has 1 aromatic carbocycles. The number of benzene rings is 1. The van der Waals surface area contributed by atoms with Crippen molar-refractivity contribution >= 4 is 17.6 Å². The second kappa shape index (κ2) is 7.08. The van der Waals surface area contributed by atoms with E-state index in [1.807, 2.05) is 0 Å². The van der Waals surface area contributed by atoms with Crippen LogP contribution in [-0.4, -0.2) is 36.8 Å². The summed E-state index contributed by atoms with van der Waals surface area (Å²) >= 11 is 0. The van der Waals surface area contributed by atoms with Crippen molar-refractivity contribution < 1.29 is 24.2 Å². The molecule has 2 rings (SSSR count). The Kier molecular flexibility index (Phi) is 5.16. The minimum absolute atomic E-state index is 0.230. The van der Waals surface area contributed by atoms with Crippen LogP contribution in [0.3, 0.4) is 0 Å². The molecule has 0 spiro atoms. The summed E-state index contributed by atoms with van der Waals surface area (Å²) in [6.45, 7) is 0.580. The molecule has 1 aliphatic rings. The van der Waals surface area contributed by atoms with Gasteiger partial charge in [0.05, 0.1) is 25.6 Å². The average molecular weight is 293 g/mol. The molecule has 0 saturated carbocycles. The van der Waals surface area contributed by atoms with E-state index in [0.717, 1.165) is 6.42 Å². The van der Waals surface area contributed by atoms with Gasteiger partial charge in [0.15, 0.2) is 0 Å². The van der Waals surface area contributed by atoms with Crippen molar-refractivity contribution in [2.45, 2.75) is 25.4 Å². The van der Waals surface area contributed by atoms with Crippen LogP contribution in [0.25, 0.3) is 0 Å². The molecule has 0 aromatic heterocycles. The van der Waals surface area contributed by atoms with Crippen LogP contribution < -0.4 is 10.1 Å². The Hall–Kier alpha value is -2.08. The van der Waals surface area contributed by atoms with Crippen molar-refractivity contribution in [2.24, 2.45) is 5.92 Å². The maximum Gasteiger partial charge on any atom is 0.304 e. The summed E-state index contributed by atoms with van der Waals surface area (Å²) in [5.74, 6) is -1.31. The summed E-state index contributed by atoms with van der Waals surface area (Å²) in [6, 6.07) is 6.88. The topological polar surface area (TPSA) is 84.9 Å². The molecule has 1 aliphatic heterocycles. The third-order valence-corrected chi connectivity index (χ3v) is 3.50. The Morgan fingerprint density at radius 2 is 2.14 bits per heavy atom. The molecule has 1 saturated heterocycles. The number of carbonyl (C=O) groups is 2. The number of methoxy groups -OCH3 is 1. The van der Waals surface area contributed by atoms with E-state index >= 15 is 0 Å². The number of ether oxygens (including phenoxy) is 2. The smallest absolute Gasteiger partial charge is 0.304 e. The standard InChI is InChI=1S/C15H19NO5/c1-20-11-6-4-10(5-7-11)16-15(19)12(9-14(17)18)13-3-2-8-21-13/h4-7,12-13H,2-3,8-9H2,1H3,(H,16,19)(H,17,18)/t12-,13+/m1/s1. The summed E-state index contributed by atoms with van der Waals surface area (Å²) in [5, 5.41) is 11.7. The Labute approximate surface area is 123 Å². The number of amides is 1. The highest BCUT2D eigenvalue weighted by atomic mass is 16.5. The summed E-state index contributed by atoms with van der Waals surface area (Å²) in [7, 11) is 1.56. The number of hydrogen-bond acceptors (Lipinski definition) is 4.